The predicted molar refractivity (Wildman–Crippen MR) is 76.4 cm³/mol. The molecule has 1 aromatic carbocycles. The molecule has 0 amide bonds. The van der Waals surface area contributed by atoms with Crippen LogP contribution in [-0.2, 0) is 6.54 Å². The summed E-state index contributed by atoms with van der Waals surface area (Å²) in [6, 6.07) is 5.51. The lowest BCUT2D eigenvalue weighted by Crippen LogP contribution is -1.99. The monoisotopic (exact) mass is 313 g/mol. The van der Waals surface area contributed by atoms with E-state index in [0.29, 0.717) is 22.8 Å². The summed E-state index contributed by atoms with van der Waals surface area (Å²) in [6.45, 7) is 0.297. The molecule has 0 radical (unpaired) electrons. The summed E-state index contributed by atoms with van der Waals surface area (Å²) in [5, 5.41) is 26.2. The topological polar surface area (TPSA) is 98.3 Å². The molecule has 0 aliphatic rings. The summed E-state index contributed by atoms with van der Waals surface area (Å²) in [4.78, 5) is 20.3. The summed E-state index contributed by atoms with van der Waals surface area (Å²) >= 11 is 6.96. The van der Waals surface area contributed by atoms with E-state index in [0.717, 1.165) is 11.3 Å². The van der Waals surface area contributed by atoms with E-state index in [9.17, 15) is 20.2 Å². The number of hydrogen-bond donors (Lipinski definition) is 1. The Hall–Kier alpha value is -2.19. The number of nitrogens with zero attached hydrogens (tertiary/aromatic N) is 2. The van der Waals surface area contributed by atoms with Gasteiger partial charge >= 0.3 is 5.00 Å². The van der Waals surface area contributed by atoms with Crippen LogP contribution in [0.2, 0.25) is 5.02 Å². The van der Waals surface area contributed by atoms with E-state index >= 15 is 0 Å². The highest BCUT2D eigenvalue weighted by molar-refractivity contribution is 7.13. The Morgan fingerprint density at radius 2 is 1.95 bits per heavy atom. The number of benzene rings is 1. The normalized spacial score (nSPS) is 10.2. The molecular formula is C11H8ClN3O4S. The molecule has 0 unspecified atom stereocenters. The minimum atomic E-state index is -0.517. The molecule has 0 spiro atoms. The fraction of sp³-hybridized carbons (Fsp3) is 0.0909. The highest BCUT2D eigenvalue weighted by Crippen LogP contribution is 2.28. The smallest absolute Gasteiger partial charge is 0.324 e. The average Bonchev–Trinajstić information content (AvgIpc) is 2.86. The van der Waals surface area contributed by atoms with Crippen molar-refractivity contribution in [2.45, 2.75) is 6.54 Å². The first-order chi connectivity index (χ1) is 9.47. The zero-order valence-corrected chi connectivity index (χ0v) is 11.5. The van der Waals surface area contributed by atoms with Crippen LogP contribution < -0.4 is 5.32 Å². The van der Waals surface area contributed by atoms with Crippen LogP contribution in [0.25, 0.3) is 0 Å². The van der Waals surface area contributed by atoms with Gasteiger partial charge in [0.2, 0.25) is 0 Å². The lowest BCUT2D eigenvalue weighted by molar-refractivity contribution is -0.384. The molecule has 104 valence electrons. The van der Waals surface area contributed by atoms with Crippen molar-refractivity contribution in [3.63, 3.8) is 0 Å². The van der Waals surface area contributed by atoms with Crippen molar-refractivity contribution >= 4 is 39.3 Å². The van der Waals surface area contributed by atoms with Gasteiger partial charge in [-0.25, -0.2) is 0 Å². The van der Waals surface area contributed by atoms with Crippen molar-refractivity contribution < 1.29 is 9.85 Å². The standard InChI is InChI=1S/C11H8ClN3O4S/c12-9-2-1-8(14(16)17)4-10(9)13-5-7-3-11(15(18)19)20-6-7/h1-4,6,13H,5H2. The number of hydrogen-bond acceptors (Lipinski definition) is 6. The van der Waals surface area contributed by atoms with Crippen molar-refractivity contribution in [3.8, 4) is 0 Å². The molecule has 7 nitrogen and oxygen atoms in total. The third kappa shape index (κ3) is 3.22. The molecule has 1 heterocycles. The predicted octanol–water partition coefficient (Wildman–Crippen LogP) is 3.83. The molecule has 9 heteroatoms. The molecule has 1 N–H and O–H groups in total. The van der Waals surface area contributed by atoms with Crippen LogP contribution in [-0.4, -0.2) is 9.85 Å². The minimum absolute atomic E-state index is 0.0481. The minimum Gasteiger partial charge on any atom is -0.380 e. The average molecular weight is 314 g/mol. The van der Waals surface area contributed by atoms with Gasteiger partial charge < -0.3 is 5.32 Å². The van der Waals surface area contributed by atoms with Crippen LogP contribution in [0.5, 0.6) is 0 Å². The first-order valence-corrected chi connectivity index (χ1v) is 6.63. The van der Waals surface area contributed by atoms with E-state index < -0.39 is 9.85 Å². The molecule has 20 heavy (non-hydrogen) atoms. The van der Waals surface area contributed by atoms with Gasteiger partial charge in [-0.15, -0.1) is 0 Å². The summed E-state index contributed by atoms with van der Waals surface area (Å²) < 4.78 is 0. The lowest BCUT2D eigenvalue weighted by atomic mass is 10.2. The lowest BCUT2D eigenvalue weighted by Gasteiger charge is -2.06. The summed E-state index contributed by atoms with van der Waals surface area (Å²) in [6.07, 6.45) is 0. The largest absolute Gasteiger partial charge is 0.380 e. The zero-order chi connectivity index (χ0) is 14.7. The second-order valence-electron chi connectivity index (χ2n) is 3.83. The Morgan fingerprint density at radius 3 is 2.55 bits per heavy atom. The molecule has 0 fully saturated rings. The van der Waals surface area contributed by atoms with E-state index in [2.05, 4.69) is 5.32 Å². The van der Waals surface area contributed by atoms with Crippen molar-refractivity contribution in [2.75, 3.05) is 5.32 Å². The van der Waals surface area contributed by atoms with E-state index in [4.69, 9.17) is 11.6 Å². The molecule has 0 saturated carbocycles. The van der Waals surface area contributed by atoms with Gasteiger partial charge in [-0.2, -0.15) is 0 Å². The van der Waals surface area contributed by atoms with E-state index in [1.54, 1.807) is 5.38 Å². The van der Waals surface area contributed by atoms with Crippen LogP contribution in [0.15, 0.2) is 29.6 Å². The van der Waals surface area contributed by atoms with Gasteiger partial charge in [-0.3, -0.25) is 20.2 Å². The van der Waals surface area contributed by atoms with Crippen molar-refractivity contribution in [2.24, 2.45) is 0 Å². The zero-order valence-electron chi connectivity index (χ0n) is 9.91. The van der Waals surface area contributed by atoms with Crippen LogP contribution in [0.1, 0.15) is 5.56 Å². The fourth-order valence-corrected chi connectivity index (χ4v) is 2.42. The Morgan fingerprint density at radius 1 is 1.20 bits per heavy atom. The van der Waals surface area contributed by atoms with Crippen LogP contribution in [0, 0.1) is 20.2 Å². The first-order valence-electron chi connectivity index (χ1n) is 5.37. The van der Waals surface area contributed by atoms with Crippen LogP contribution >= 0.6 is 22.9 Å². The molecular weight excluding hydrogens is 306 g/mol. The molecule has 0 atom stereocenters. The SMILES string of the molecule is O=[N+]([O-])c1ccc(Cl)c(NCc2csc([N+](=O)[O-])c2)c1. The number of rotatable bonds is 5. The van der Waals surface area contributed by atoms with Crippen molar-refractivity contribution in [1.29, 1.82) is 0 Å². The number of halogens is 1. The van der Waals surface area contributed by atoms with Gasteiger partial charge in [0.25, 0.3) is 5.69 Å². The van der Waals surface area contributed by atoms with Crippen LogP contribution in [0.3, 0.4) is 0 Å². The second kappa shape index (κ2) is 5.85. The maximum atomic E-state index is 10.7. The number of anilines is 1. The Labute approximate surface area is 122 Å². The summed E-state index contributed by atoms with van der Waals surface area (Å²) in [5.41, 5.74) is 1.05. The quantitative estimate of drug-likeness (QED) is 0.668. The van der Waals surface area contributed by atoms with Gasteiger partial charge in [-0.1, -0.05) is 22.9 Å². The van der Waals surface area contributed by atoms with Gasteiger partial charge in [0.1, 0.15) is 0 Å². The molecule has 0 aliphatic carbocycles. The highest BCUT2D eigenvalue weighted by Gasteiger charge is 2.12. The second-order valence-corrected chi connectivity index (χ2v) is 5.12. The van der Waals surface area contributed by atoms with Gasteiger partial charge in [-0.05, 0) is 11.6 Å². The maximum absolute atomic E-state index is 10.7. The third-order valence-electron chi connectivity index (χ3n) is 2.46. The van der Waals surface area contributed by atoms with Gasteiger partial charge in [0, 0.05) is 30.1 Å². The van der Waals surface area contributed by atoms with E-state index in [-0.39, 0.29) is 10.7 Å². The van der Waals surface area contributed by atoms with Gasteiger partial charge in [0.05, 0.1) is 20.6 Å². The fourth-order valence-electron chi connectivity index (χ4n) is 1.51. The first kappa shape index (κ1) is 14.2. The number of nitro benzene ring substituents is 1. The van der Waals surface area contributed by atoms with Crippen LogP contribution in [0.4, 0.5) is 16.4 Å². The number of non-ortho nitro benzene ring substituents is 1. The molecule has 0 saturated heterocycles. The number of thiophene rings is 1. The molecule has 2 aromatic rings. The Kier molecular flexibility index (Phi) is 4.16. The molecule has 0 bridgehead atoms. The molecule has 1 aromatic heterocycles. The van der Waals surface area contributed by atoms with Crippen molar-refractivity contribution in [3.05, 3.63) is 60.5 Å². The van der Waals surface area contributed by atoms with E-state index in [1.807, 2.05) is 0 Å². The van der Waals surface area contributed by atoms with E-state index in [1.165, 1.54) is 24.3 Å². The number of nitrogens with one attached hydrogen (secondary N) is 1. The summed E-state index contributed by atoms with van der Waals surface area (Å²) in [7, 11) is 0. The van der Waals surface area contributed by atoms with Gasteiger partial charge in [0.15, 0.2) is 0 Å². The molecule has 2 rings (SSSR count). The molecule has 0 aliphatic heterocycles. The summed E-state index contributed by atoms with van der Waals surface area (Å²) in [5.74, 6) is 0. The van der Waals surface area contributed by atoms with Crippen molar-refractivity contribution in [1.82, 2.24) is 0 Å². The maximum Gasteiger partial charge on any atom is 0.324 e. The highest BCUT2D eigenvalue weighted by atomic mass is 35.5. The Bertz CT molecular complexity index is 673. The third-order valence-corrected chi connectivity index (χ3v) is 3.72. The number of nitro groups is 2. The Balaban J connectivity index is 2.11.